The molecule has 0 saturated heterocycles. The monoisotopic (exact) mass is 333 g/mol. The van der Waals surface area contributed by atoms with Crippen LogP contribution in [-0.4, -0.2) is 11.1 Å². The third kappa shape index (κ3) is 3.07. The second-order valence-electron chi connectivity index (χ2n) is 3.02. The molecule has 80 valence electrons. The quantitative estimate of drug-likeness (QED) is 0.644. The van der Waals surface area contributed by atoms with Crippen molar-refractivity contribution >= 4 is 49.6 Å². The Morgan fingerprint density at radius 2 is 2.07 bits per heavy atom. The lowest BCUT2D eigenvalue weighted by Crippen LogP contribution is -1.97. The van der Waals surface area contributed by atoms with E-state index in [0.717, 1.165) is 8.95 Å². The minimum absolute atomic E-state index is 0.242. The van der Waals surface area contributed by atoms with E-state index in [9.17, 15) is 4.79 Å². The maximum Gasteiger partial charge on any atom is 0.331 e. The van der Waals surface area contributed by atoms with Gasteiger partial charge in [0.25, 0.3) is 0 Å². The third-order valence-corrected chi connectivity index (χ3v) is 2.95. The van der Waals surface area contributed by atoms with Crippen LogP contribution in [0.25, 0.3) is 6.08 Å². The van der Waals surface area contributed by atoms with Crippen LogP contribution in [0.15, 0.2) is 26.7 Å². The molecular formula is C10H9Br2NO2. The van der Waals surface area contributed by atoms with E-state index in [2.05, 4.69) is 31.9 Å². The smallest absolute Gasteiger partial charge is 0.331 e. The van der Waals surface area contributed by atoms with Gasteiger partial charge in [-0.3, -0.25) is 0 Å². The summed E-state index contributed by atoms with van der Waals surface area (Å²) >= 11 is 6.60. The van der Waals surface area contributed by atoms with Crippen molar-refractivity contribution in [3.63, 3.8) is 0 Å². The van der Waals surface area contributed by atoms with Crippen LogP contribution in [0.4, 0.5) is 5.69 Å². The number of anilines is 1. The van der Waals surface area contributed by atoms with Crippen LogP contribution in [0, 0.1) is 0 Å². The lowest BCUT2D eigenvalue weighted by atomic mass is 10.1. The Labute approximate surface area is 104 Å². The normalized spacial score (nSPS) is 11.5. The van der Waals surface area contributed by atoms with Crippen LogP contribution >= 0.6 is 31.9 Å². The van der Waals surface area contributed by atoms with Crippen molar-refractivity contribution in [1.29, 1.82) is 0 Å². The topological polar surface area (TPSA) is 63.3 Å². The minimum Gasteiger partial charge on any atom is -0.478 e. The fourth-order valence-corrected chi connectivity index (χ4v) is 2.28. The number of carbonyl (C=O) groups is 1. The van der Waals surface area contributed by atoms with E-state index in [1.54, 1.807) is 6.07 Å². The number of carboxylic acids is 1. The van der Waals surface area contributed by atoms with Crippen molar-refractivity contribution in [3.8, 4) is 0 Å². The van der Waals surface area contributed by atoms with E-state index in [-0.39, 0.29) is 5.57 Å². The van der Waals surface area contributed by atoms with Gasteiger partial charge in [0.15, 0.2) is 0 Å². The number of hydrogen-bond acceptors (Lipinski definition) is 2. The molecule has 15 heavy (non-hydrogen) atoms. The molecule has 0 spiro atoms. The highest BCUT2D eigenvalue weighted by Gasteiger charge is 2.06. The molecule has 0 aliphatic carbocycles. The molecule has 1 rings (SSSR count). The van der Waals surface area contributed by atoms with Gasteiger partial charge in [-0.1, -0.05) is 15.9 Å². The molecule has 1 aromatic carbocycles. The second kappa shape index (κ2) is 4.81. The number of benzene rings is 1. The molecule has 1 aromatic rings. The van der Waals surface area contributed by atoms with Crippen LogP contribution in [-0.2, 0) is 4.79 Å². The molecule has 0 radical (unpaired) electrons. The Morgan fingerprint density at radius 1 is 1.47 bits per heavy atom. The molecule has 0 saturated carbocycles. The van der Waals surface area contributed by atoms with Crippen LogP contribution in [0.5, 0.6) is 0 Å². The molecule has 0 unspecified atom stereocenters. The number of aliphatic carboxylic acids is 1. The molecular weight excluding hydrogens is 326 g/mol. The first-order valence-corrected chi connectivity index (χ1v) is 5.66. The summed E-state index contributed by atoms with van der Waals surface area (Å²) in [5, 5.41) is 8.74. The molecule has 0 amide bonds. The van der Waals surface area contributed by atoms with Crippen LogP contribution < -0.4 is 5.73 Å². The van der Waals surface area contributed by atoms with Crippen LogP contribution in [0.2, 0.25) is 0 Å². The Balaban J connectivity index is 3.26. The standard InChI is InChI=1S/C10H9Br2NO2/c1-5(10(14)15)2-6-3-7(11)4-8(12)9(6)13/h2-4H,13H2,1H3,(H,14,15)/b5-2+. The number of hydrogen-bond donors (Lipinski definition) is 2. The van der Waals surface area contributed by atoms with Crippen LogP contribution in [0.1, 0.15) is 12.5 Å². The number of nitrogens with two attached hydrogens (primary N) is 1. The highest BCUT2D eigenvalue weighted by atomic mass is 79.9. The molecule has 5 heteroatoms. The first-order chi connectivity index (χ1) is 6.91. The van der Waals surface area contributed by atoms with Crippen molar-refractivity contribution in [1.82, 2.24) is 0 Å². The second-order valence-corrected chi connectivity index (χ2v) is 4.79. The van der Waals surface area contributed by atoms with Gasteiger partial charge in [-0.2, -0.15) is 0 Å². The fourth-order valence-electron chi connectivity index (χ4n) is 1.02. The summed E-state index contributed by atoms with van der Waals surface area (Å²) in [6.45, 7) is 1.52. The lowest BCUT2D eigenvalue weighted by molar-refractivity contribution is -0.132. The minimum atomic E-state index is -0.953. The van der Waals surface area contributed by atoms with Gasteiger partial charge in [0, 0.05) is 20.1 Å². The van der Waals surface area contributed by atoms with Gasteiger partial charge in [0.1, 0.15) is 0 Å². The van der Waals surface area contributed by atoms with Gasteiger partial charge in [-0.25, -0.2) is 4.79 Å². The first kappa shape index (κ1) is 12.3. The summed E-state index contributed by atoms with van der Waals surface area (Å²) in [5.41, 5.74) is 7.24. The average Bonchev–Trinajstić information content (AvgIpc) is 2.13. The zero-order chi connectivity index (χ0) is 11.6. The molecule has 3 N–H and O–H groups in total. The SMILES string of the molecule is C/C(=C\c1cc(Br)cc(Br)c1N)C(=O)O. The van der Waals surface area contributed by atoms with Crippen molar-refractivity contribution in [3.05, 3.63) is 32.2 Å². The Kier molecular flexibility index (Phi) is 3.93. The largest absolute Gasteiger partial charge is 0.478 e. The Morgan fingerprint density at radius 3 is 2.60 bits per heavy atom. The molecule has 0 aromatic heterocycles. The van der Waals surface area contributed by atoms with E-state index >= 15 is 0 Å². The van der Waals surface area contributed by atoms with Gasteiger partial charge >= 0.3 is 5.97 Å². The predicted octanol–water partition coefficient (Wildman–Crippen LogP) is 3.28. The van der Waals surface area contributed by atoms with Crippen molar-refractivity contribution in [2.45, 2.75) is 6.92 Å². The summed E-state index contributed by atoms with van der Waals surface area (Å²) in [5.74, 6) is -0.953. The van der Waals surface area contributed by atoms with Gasteiger partial charge < -0.3 is 10.8 Å². The van der Waals surface area contributed by atoms with E-state index in [0.29, 0.717) is 11.3 Å². The van der Waals surface area contributed by atoms with Crippen molar-refractivity contribution in [2.24, 2.45) is 0 Å². The third-order valence-electron chi connectivity index (χ3n) is 1.84. The van der Waals surface area contributed by atoms with Crippen molar-refractivity contribution < 1.29 is 9.90 Å². The molecule has 0 aliphatic rings. The number of halogens is 2. The zero-order valence-corrected chi connectivity index (χ0v) is 11.1. The van der Waals surface area contributed by atoms with E-state index in [4.69, 9.17) is 10.8 Å². The Bertz CT molecular complexity index is 441. The molecule has 0 fully saturated rings. The summed E-state index contributed by atoms with van der Waals surface area (Å²) in [6.07, 6.45) is 1.53. The highest BCUT2D eigenvalue weighted by Crippen LogP contribution is 2.29. The number of rotatable bonds is 2. The van der Waals surface area contributed by atoms with Crippen molar-refractivity contribution in [2.75, 3.05) is 5.73 Å². The summed E-state index contributed by atoms with van der Waals surface area (Å²) in [4.78, 5) is 10.7. The predicted molar refractivity (Wildman–Crippen MR) is 67.5 cm³/mol. The molecule has 0 atom stereocenters. The zero-order valence-electron chi connectivity index (χ0n) is 7.92. The van der Waals surface area contributed by atoms with E-state index in [1.165, 1.54) is 13.0 Å². The first-order valence-electron chi connectivity index (χ1n) is 4.08. The number of nitrogen functional groups attached to an aromatic ring is 1. The fraction of sp³-hybridized carbons (Fsp3) is 0.100. The maximum absolute atomic E-state index is 10.7. The molecule has 3 nitrogen and oxygen atoms in total. The molecule has 0 bridgehead atoms. The summed E-state index contributed by atoms with van der Waals surface area (Å²) in [7, 11) is 0. The van der Waals surface area contributed by atoms with E-state index in [1.807, 2.05) is 6.07 Å². The number of carboxylic acid groups (broad SMARTS) is 1. The van der Waals surface area contributed by atoms with Crippen LogP contribution in [0.3, 0.4) is 0 Å². The van der Waals surface area contributed by atoms with Gasteiger partial charge in [-0.05, 0) is 41.1 Å². The maximum atomic E-state index is 10.7. The van der Waals surface area contributed by atoms with Gasteiger partial charge in [-0.15, -0.1) is 0 Å². The molecule has 0 heterocycles. The average molecular weight is 335 g/mol. The molecule has 0 aliphatic heterocycles. The Hall–Kier alpha value is -0.810. The summed E-state index contributed by atoms with van der Waals surface area (Å²) in [6, 6.07) is 3.58. The summed E-state index contributed by atoms with van der Waals surface area (Å²) < 4.78 is 1.58. The lowest BCUT2D eigenvalue weighted by Gasteiger charge is -2.05. The van der Waals surface area contributed by atoms with Gasteiger partial charge in [0.05, 0.1) is 5.69 Å². The highest BCUT2D eigenvalue weighted by molar-refractivity contribution is 9.11. The van der Waals surface area contributed by atoms with E-state index < -0.39 is 5.97 Å². The van der Waals surface area contributed by atoms with Gasteiger partial charge in [0.2, 0.25) is 0 Å².